The van der Waals surface area contributed by atoms with Crippen molar-refractivity contribution in [3.8, 4) is 31.3 Å². The Bertz CT molecular complexity index is 990. The van der Waals surface area contributed by atoms with E-state index in [2.05, 4.69) is 72.1 Å². The molecule has 0 saturated heterocycles. The number of hydrogen-bond donors (Lipinski definition) is 0. The molecule has 0 saturated carbocycles. The maximum Gasteiger partial charge on any atom is 0.0449 e. The van der Waals surface area contributed by atoms with E-state index in [0.717, 1.165) is 6.42 Å². The lowest BCUT2D eigenvalue weighted by atomic mass is 10.0. The molecule has 2 aromatic carbocycles. The zero-order valence-electron chi connectivity index (χ0n) is 12.5. The van der Waals surface area contributed by atoms with Gasteiger partial charge in [0, 0.05) is 14.6 Å². The van der Waals surface area contributed by atoms with E-state index in [0.29, 0.717) is 0 Å². The van der Waals surface area contributed by atoms with Crippen LogP contribution in [0.3, 0.4) is 0 Å². The van der Waals surface area contributed by atoms with Gasteiger partial charge in [-0.1, -0.05) is 42.5 Å². The van der Waals surface area contributed by atoms with E-state index in [-0.39, 0.29) is 0 Å². The van der Waals surface area contributed by atoms with Crippen molar-refractivity contribution in [2.75, 3.05) is 0 Å². The number of rotatable bonds is 2. The molecule has 0 unspecified atom stereocenters. The molecule has 0 spiro atoms. The van der Waals surface area contributed by atoms with Crippen molar-refractivity contribution in [3.05, 3.63) is 83.2 Å². The zero-order chi connectivity index (χ0) is 15.2. The average Bonchev–Trinajstić information content (AvgIpc) is 3.32. The summed E-state index contributed by atoms with van der Waals surface area (Å²) in [6, 6.07) is 24.5. The Balaban J connectivity index is 1.55. The van der Waals surface area contributed by atoms with Crippen LogP contribution in [0.4, 0.5) is 0 Å². The summed E-state index contributed by atoms with van der Waals surface area (Å²) in [7, 11) is 0. The summed E-state index contributed by atoms with van der Waals surface area (Å²) in [5.41, 5.74) is 7.04. The van der Waals surface area contributed by atoms with Crippen LogP contribution in [0.5, 0.6) is 0 Å². The topological polar surface area (TPSA) is 0 Å². The van der Waals surface area contributed by atoms with Crippen molar-refractivity contribution >= 4 is 22.7 Å². The van der Waals surface area contributed by atoms with Crippen LogP contribution < -0.4 is 0 Å². The number of fused-ring (bicyclic) bond motifs is 3. The first-order valence-electron chi connectivity index (χ1n) is 7.74. The summed E-state index contributed by atoms with van der Waals surface area (Å²) in [5.74, 6) is 0. The summed E-state index contributed by atoms with van der Waals surface area (Å²) in [4.78, 5) is 4.07. The van der Waals surface area contributed by atoms with Crippen LogP contribution in [-0.4, -0.2) is 0 Å². The molecule has 0 N–H and O–H groups in total. The normalized spacial score (nSPS) is 12.2. The van der Waals surface area contributed by atoms with E-state index in [4.69, 9.17) is 0 Å². The van der Waals surface area contributed by atoms with Gasteiger partial charge in [-0.3, -0.25) is 0 Å². The molecular weight excluding hydrogens is 316 g/mol. The smallest absolute Gasteiger partial charge is 0.0449 e. The predicted octanol–water partition coefficient (Wildman–Crippen LogP) is 6.71. The average molecular weight is 330 g/mol. The second-order valence-electron chi connectivity index (χ2n) is 5.85. The molecule has 2 heterocycles. The molecular formula is C21H14S2. The van der Waals surface area contributed by atoms with Gasteiger partial charge in [-0.15, -0.1) is 22.7 Å². The highest BCUT2D eigenvalue weighted by atomic mass is 32.1. The molecule has 1 aliphatic rings. The van der Waals surface area contributed by atoms with Crippen molar-refractivity contribution < 1.29 is 0 Å². The summed E-state index contributed by atoms with van der Waals surface area (Å²) in [6.07, 6.45) is 1.06. The maximum atomic E-state index is 2.37. The van der Waals surface area contributed by atoms with E-state index in [1.54, 1.807) is 11.3 Å². The Morgan fingerprint density at radius 1 is 0.652 bits per heavy atom. The van der Waals surface area contributed by atoms with Crippen LogP contribution in [0.1, 0.15) is 11.1 Å². The predicted molar refractivity (Wildman–Crippen MR) is 101 cm³/mol. The fraction of sp³-hybridized carbons (Fsp3) is 0.0476. The van der Waals surface area contributed by atoms with Gasteiger partial charge in [0.15, 0.2) is 0 Å². The lowest BCUT2D eigenvalue weighted by Gasteiger charge is -2.03. The molecule has 0 bridgehead atoms. The molecule has 5 rings (SSSR count). The van der Waals surface area contributed by atoms with E-state index < -0.39 is 0 Å². The second-order valence-corrected chi connectivity index (χ2v) is 7.88. The van der Waals surface area contributed by atoms with Crippen LogP contribution in [0.2, 0.25) is 0 Å². The van der Waals surface area contributed by atoms with Gasteiger partial charge in [0.1, 0.15) is 0 Å². The highest BCUT2D eigenvalue weighted by Crippen LogP contribution is 2.41. The van der Waals surface area contributed by atoms with Gasteiger partial charge in [-0.2, -0.15) is 0 Å². The van der Waals surface area contributed by atoms with Gasteiger partial charge in [0.05, 0.1) is 0 Å². The third kappa shape index (κ3) is 2.18. The molecule has 0 nitrogen and oxygen atoms in total. The first-order valence-corrected chi connectivity index (χ1v) is 9.43. The highest BCUT2D eigenvalue weighted by Gasteiger charge is 2.18. The van der Waals surface area contributed by atoms with Gasteiger partial charge >= 0.3 is 0 Å². The Labute approximate surface area is 143 Å². The third-order valence-electron chi connectivity index (χ3n) is 4.45. The second kappa shape index (κ2) is 5.19. The Hall–Kier alpha value is -2.16. The van der Waals surface area contributed by atoms with E-state index in [1.807, 2.05) is 11.3 Å². The van der Waals surface area contributed by atoms with Crippen LogP contribution in [-0.2, 0) is 6.42 Å². The third-order valence-corrected chi connectivity index (χ3v) is 6.65. The van der Waals surface area contributed by atoms with E-state index in [9.17, 15) is 0 Å². The van der Waals surface area contributed by atoms with Crippen molar-refractivity contribution in [2.24, 2.45) is 0 Å². The summed E-state index contributed by atoms with van der Waals surface area (Å²) >= 11 is 3.69. The highest BCUT2D eigenvalue weighted by molar-refractivity contribution is 7.23. The molecule has 2 heteroatoms. The van der Waals surface area contributed by atoms with Gasteiger partial charge in [0.2, 0.25) is 0 Å². The van der Waals surface area contributed by atoms with Gasteiger partial charge in [-0.05, 0) is 63.9 Å². The first-order chi connectivity index (χ1) is 11.4. The first kappa shape index (κ1) is 13.3. The van der Waals surface area contributed by atoms with Crippen LogP contribution in [0.15, 0.2) is 72.1 Å². The van der Waals surface area contributed by atoms with Crippen molar-refractivity contribution in [2.45, 2.75) is 6.42 Å². The van der Waals surface area contributed by atoms with Crippen LogP contribution in [0, 0.1) is 0 Å². The molecule has 0 fully saturated rings. The maximum absolute atomic E-state index is 2.37. The largest absolute Gasteiger partial charge is 0.143 e. The molecule has 2 aromatic heterocycles. The summed E-state index contributed by atoms with van der Waals surface area (Å²) in [6.45, 7) is 0. The Kier molecular flexibility index (Phi) is 3.00. The van der Waals surface area contributed by atoms with E-state index >= 15 is 0 Å². The van der Waals surface area contributed by atoms with Crippen LogP contribution in [0.25, 0.3) is 31.3 Å². The fourth-order valence-electron chi connectivity index (χ4n) is 3.34. The van der Waals surface area contributed by atoms with Crippen molar-refractivity contribution in [1.82, 2.24) is 0 Å². The van der Waals surface area contributed by atoms with Crippen molar-refractivity contribution in [3.63, 3.8) is 0 Å². The number of hydrogen-bond acceptors (Lipinski definition) is 2. The van der Waals surface area contributed by atoms with Gasteiger partial charge < -0.3 is 0 Å². The molecule has 0 aliphatic heterocycles. The molecule has 23 heavy (non-hydrogen) atoms. The summed E-state index contributed by atoms with van der Waals surface area (Å²) in [5, 5.41) is 2.14. The Morgan fingerprint density at radius 2 is 1.52 bits per heavy atom. The van der Waals surface area contributed by atoms with Crippen molar-refractivity contribution in [1.29, 1.82) is 0 Å². The van der Waals surface area contributed by atoms with E-state index in [1.165, 1.54) is 42.4 Å². The van der Waals surface area contributed by atoms with Crippen LogP contribution >= 0.6 is 22.7 Å². The molecule has 0 amide bonds. The standard InChI is InChI=1S/C21H14S2/c1-2-5-17-14(4-1)12-16-13-15(7-8-18(16)17)19-9-10-21(23-19)20-6-3-11-22-20/h1-11,13H,12H2. The number of thiophene rings is 2. The minimum atomic E-state index is 1.06. The minimum Gasteiger partial charge on any atom is -0.143 e. The monoisotopic (exact) mass is 330 g/mol. The zero-order valence-corrected chi connectivity index (χ0v) is 14.1. The minimum absolute atomic E-state index is 1.06. The SMILES string of the molecule is c1csc(-c2ccc(-c3ccc4c(c3)Cc3ccccc3-4)s2)c1. The molecule has 0 radical (unpaired) electrons. The molecule has 110 valence electrons. The lowest BCUT2D eigenvalue weighted by molar-refractivity contribution is 1.26. The fourth-order valence-corrected chi connectivity index (χ4v) is 5.18. The number of benzene rings is 2. The summed E-state index contributed by atoms with van der Waals surface area (Å²) < 4.78 is 0. The lowest BCUT2D eigenvalue weighted by Crippen LogP contribution is -1.81. The molecule has 0 atom stereocenters. The van der Waals surface area contributed by atoms with Gasteiger partial charge in [0.25, 0.3) is 0 Å². The Morgan fingerprint density at radius 3 is 2.43 bits per heavy atom. The van der Waals surface area contributed by atoms with Gasteiger partial charge in [-0.25, -0.2) is 0 Å². The quantitative estimate of drug-likeness (QED) is 0.337. The molecule has 1 aliphatic carbocycles. The molecule has 4 aromatic rings.